The number of carbonyl (C=O) groups is 2. The summed E-state index contributed by atoms with van der Waals surface area (Å²) in [5.74, 6) is -3.30. The van der Waals surface area contributed by atoms with Crippen LogP contribution in [0.1, 0.15) is 31.7 Å². The van der Waals surface area contributed by atoms with Crippen LogP contribution in [0.15, 0.2) is 58.3 Å². The zero-order valence-electron chi connectivity index (χ0n) is 24.5. The van der Waals surface area contributed by atoms with E-state index >= 15 is 0 Å². The number of amides is 1. The maximum atomic E-state index is 13.6. The molecule has 1 amide bonds. The Hall–Kier alpha value is -3.97. The second-order valence-electron chi connectivity index (χ2n) is 11.9. The van der Waals surface area contributed by atoms with E-state index in [1.165, 1.54) is 23.9 Å². The number of fused-ring (bicyclic) bond motifs is 1. The van der Waals surface area contributed by atoms with Crippen molar-refractivity contribution in [2.75, 3.05) is 26.3 Å². The number of halogens is 3. The number of hydrogen-bond acceptors (Lipinski definition) is 6. The van der Waals surface area contributed by atoms with Gasteiger partial charge in [-0.2, -0.15) is 13.2 Å². The summed E-state index contributed by atoms with van der Waals surface area (Å²) in [6, 6.07) is 9.50. The van der Waals surface area contributed by atoms with Gasteiger partial charge >= 0.3 is 17.8 Å². The number of likely N-dealkylation sites (tertiary alicyclic amines) is 1. The van der Waals surface area contributed by atoms with Crippen LogP contribution in [0.5, 0.6) is 0 Å². The van der Waals surface area contributed by atoms with Crippen molar-refractivity contribution in [2.24, 2.45) is 18.4 Å². The molecule has 0 radical (unpaired) electrons. The lowest BCUT2D eigenvalue weighted by atomic mass is 9.78. The Balaban J connectivity index is 1.33. The summed E-state index contributed by atoms with van der Waals surface area (Å²) in [4.78, 5) is 53.0. The molecule has 10 nitrogen and oxygen atoms in total. The van der Waals surface area contributed by atoms with Gasteiger partial charge < -0.3 is 19.7 Å². The molecule has 13 heteroatoms. The van der Waals surface area contributed by atoms with Gasteiger partial charge in [-0.05, 0) is 49.4 Å². The first-order valence-corrected chi connectivity index (χ1v) is 14.5. The largest absolute Gasteiger partial charge is 0.480 e. The molecule has 2 N–H and O–H groups in total. The van der Waals surface area contributed by atoms with Crippen LogP contribution in [0.4, 0.5) is 13.2 Å². The first-order chi connectivity index (χ1) is 20.8. The van der Waals surface area contributed by atoms with E-state index in [9.17, 15) is 37.5 Å². The molecule has 0 spiro atoms. The third kappa shape index (κ3) is 6.16. The Bertz CT molecular complexity index is 1680. The number of piperidine rings is 1. The van der Waals surface area contributed by atoms with E-state index in [0.29, 0.717) is 22.0 Å². The number of carboxylic acids is 1. The van der Waals surface area contributed by atoms with Crippen molar-refractivity contribution in [3.8, 4) is 5.69 Å². The van der Waals surface area contributed by atoms with Gasteiger partial charge in [-0.25, -0.2) is 14.2 Å². The quantitative estimate of drug-likeness (QED) is 0.419. The van der Waals surface area contributed by atoms with E-state index in [1.54, 1.807) is 48.2 Å². The van der Waals surface area contributed by atoms with Gasteiger partial charge in [-0.15, -0.1) is 0 Å². The third-order valence-corrected chi connectivity index (χ3v) is 9.07. The topological polar surface area (TPSA) is 123 Å². The van der Waals surface area contributed by atoms with Crippen LogP contribution in [0.25, 0.3) is 16.5 Å². The highest BCUT2D eigenvalue weighted by Crippen LogP contribution is 2.39. The molecular weight excluding hydrogens is 581 g/mol. The fourth-order valence-corrected chi connectivity index (χ4v) is 6.32. The normalized spacial score (nSPS) is 21.6. The average Bonchev–Trinajstić information content (AvgIpc) is 2.99. The van der Waals surface area contributed by atoms with E-state index < -0.39 is 52.7 Å². The number of carbonyl (C=O) groups excluding carboxylic acids is 1. The van der Waals surface area contributed by atoms with E-state index in [-0.39, 0.29) is 52.0 Å². The lowest BCUT2D eigenvalue weighted by Crippen LogP contribution is -2.57. The Morgan fingerprint density at radius 2 is 1.77 bits per heavy atom. The Morgan fingerprint density at radius 3 is 2.45 bits per heavy atom. The van der Waals surface area contributed by atoms with Crippen molar-refractivity contribution in [3.05, 3.63) is 75.1 Å². The number of rotatable bonds is 7. The monoisotopic (exact) mass is 616 g/mol. The minimum Gasteiger partial charge on any atom is -0.480 e. The van der Waals surface area contributed by atoms with E-state index in [0.717, 1.165) is 4.57 Å². The molecule has 2 saturated heterocycles. The van der Waals surface area contributed by atoms with Gasteiger partial charge in [0, 0.05) is 49.2 Å². The van der Waals surface area contributed by atoms with Crippen molar-refractivity contribution >= 4 is 22.6 Å². The SMILES string of the molecule is Cn1ccc(=O)n(-c2cccc3c(C[C@H](NC(=O)C4(C)CCN([C@@H]5CCOC[C@H]5C(F)(F)F)CC4)C(=O)O)cccc23)c1=O. The minimum atomic E-state index is -4.38. The highest BCUT2D eigenvalue weighted by Gasteiger charge is 2.50. The lowest BCUT2D eigenvalue weighted by molar-refractivity contribution is -0.220. The van der Waals surface area contributed by atoms with Gasteiger partial charge in [0.25, 0.3) is 5.56 Å². The van der Waals surface area contributed by atoms with Crippen molar-refractivity contribution in [1.82, 2.24) is 19.4 Å². The van der Waals surface area contributed by atoms with Gasteiger partial charge in [0.1, 0.15) is 6.04 Å². The fourth-order valence-electron chi connectivity index (χ4n) is 6.32. The van der Waals surface area contributed by atoms with Crippen LogP contribution in [0, 0.1) is 11.3 Å². The molecule has 2 aliphatic heterocycles. The number of aromatic nitrogens is 2. The smallest absolute Gasteiger partial charge is 0.395 e. The average molecular weight is 617 g/mol. The second kappa shape index (κ2) is 12.2. The predicted molar refractivity (Wildman–Crippen MR) is 156 cm³/mol. The number of carboxylic acid groups (broad SMARTS) is 1. The number of nitrogens with zero attached hydrogens (tertiary/aromatic N) is 3. The highest BCUT2D eigenvalue weighted by molar-refractivity contribution is 5.93. The van der Waals surface area contributed by atoms with E-state index in [2.05, 4.69) is 5.32 Å². The third-order valence-electron chi connectivity index (χ3n) is 9.07. The first kappa shape index (κ1) is 31.5. The summed E-state index contributed by atoms with van der Waals surface area (Å²) in [5, 5.41) is 13.9. The Morgan fingerprint density at radius 1 is 1.09 bits per heavy atom. The molecule has 0 unspecified atom stereocenters. The van der Waals surface area contributed by atoms with Crippen LogP contribution < -0.4 is 16.6 Å². The van der Waals surface area contributed by atoms with Gasteiger partial charge in [0.05, 0.1) is 18.2 Å². The molecule has 3 atom stereocenters. The van der Waals surface area contributed by atoms with Crippen molar-refractivity contribution in [1.29, 1.82) is 0 Å². The van der Waals surface area contributed by atoms with Crippen LogP contribution in [0.2, 0.25) is 0 Å². The fraction of sp³-hybridized carbons (Fsp3) is 0.484. The van der Waals surface area contributed by atoms with Gasteiger partial charge in [0.2, 0.25) is 5.91 Å². The van der Waals surface area contributed by atoms with Crippen LogP contribution in [-0.2, 0) is 27.8 Å². The number of nitrogens with one attached hydrogen (secondary N) is 1. The summed E-state index contributed by atoms with van der Waals surface area (Å²) in [6.45, 7) is 2.15. The van der Waals surface area contributed by atoms with Crippen molar-refractivity contribution in [3.63, 3.8) is 0 Å². The summed E-state index contributed by atoms with van der Waals surface area (Å²) in [6.07, 6.45) is -2.24. The molecule has 2 fully saturated rings. The summed E-state index contributed by atoms with van der Waals surface area (Å²) in [5.41, 5.74) is -1.05. The molecule has 5 rings (SSSR count). The summed E-state index contributed by atoms with van der Waals surface area (Å²) >= 11 is 0. The molecule has 0 aliphatic carbocycles. The van der Waals surface area contributed by atoms with E-state index in [1.807, 2.05) is 0 Å². The predicted octanol–water partition coefficient (Wildman–Crippen LogP) is 2.87. The molecule has 2 aliphatic rings. The molecule has 1 aromatic heterocycles. The first-order valence-electron chi connectivity index (χ1n) is 14.5. The molecule has 44 heavy (non-hydrogen) atoms. The van der Waals surface area contributed by atoms with Crippen LogP contribution in [-0.4, -0.2) is 75.6 Å². The number of alkyl halides is 3. The number of aliphatic carboxylic acids is 1. The molecule has 3 aromatic rings. The number of benzene rings is 2. The summed E-state index contributed by atoms with van der Waals surface area (Å²) < 4.78 is 48.3. The second-order valence-corrected chi connectivity index (χ2v) is 11.9. The van der Waals surface area contributed by atoms with Gasteiger partial charge in [0.15, 0.2) is 0 Å². The summed E-state index contributed by atoms with van der Waals surface area (Å²) in [7, 11) is 1.53. The maximum absolute atomic E-state index is 13.6. The zero-order chi connectivity index (χ0) is 31.8. The molecule has 3 heterocycles. The van der Waals surface area contributed by atoms with Crippen molar-refractivity contribution < 1.29 is 32.6 Å². The van der Waals surface area contributed by atoms with Crippen LogP contribution in [0.3, 0.4) is 0 Å². The number of hydrogen-bond donors (Lipinski definition) is 2. The number of ether oxygens (including phenoxy) is 1. The maximum Gasteiger partial charge on any atom is 0.395 e. The minimum absolute atomic E-state index is 0.0683. The molecule has 236 valence electrons. The zero-order valence-corrected chi connectivity index (χ0v) is 24.5. The van der Waals surface area contributed by atoms with Gasteiger partial charge in [-0.3, -0.25) is 14.5 Å². The Labute approximate surface area is 251 Å². The Kier molecular flexibility index (Phi) is 8.72. The van der Waals surface area contributed by atoms with Crippen molar-refractivity contribution in [2.45, 2.75) is 50.9 Å². The molecule has 0 bridgehead atoms. The molecular formula is C31H35F3N4O6. The number of aryl methyl sites for hydroxylation is 1. The lowest BCUT2D eigenvalue weighted by Gasteiger charge is -2.46. The molecule has 0 saturated carbocycles. The van der Waals surface area contributed by atoms with Gasteiger partial charge in [-0.1, -0.05) is 37.3 Å². The van der Waals surface area contributed by atoms with E-state index in [4.69, 9.17) is 4.74 Å². The standard InChI is InChI=1S/C31H35F3N4O6/c1-30(11-14-37(15-12-30)25-10-16-44-18-22(25)31(32,33)34)28(42)35-23(27(40)41)17-19-5-3-7-21-20(19)6-4-8-24(21)38-26(39)9-13-36(2)29(38)43/h3-9,13,22-23,25H,10-12,14-18H2,1-2H3,(H,35,42)(H,40,41)/t22-,23+,25-/m1/s1. The molecule has 2 aromatic carbocycles. The highest BCUT2D eigenvalue weighted by atomic mass is 19.4. The van der Waals surface area contributed by atoms with Crippen LogP contribution >= 0.6 is 0 Å².